The smallest absolute Gasteiger partial charge is 0.0361 e. The van der Waals surface area contributed by atoms with Crippen molar-refractivity contribution in [3.63, 3.8) is 0 Å². The molecule has 0 unspecified atom stereocenters. The van der Waals surface area contributed by atoms with Crippen LogP contribution in [0.3, 0.4) is 0 Å². The molecule has 27 heavy (non-hydrogen) atoms. The minimum Gasteiger partial charge on any atom is -0.308 e. The quantitative estimate of drug-likeness (QED) is 0.619. The fourth-order valence-corrected chi connectivity index (χ4v) is 6.50. The van der Waals surface area contributed by atoms with Gasteiger partial charge in [0.1, 0.15) is 0 Å². The van der Waals surface area contributed by atoms with Gasteiger partial charge in [-0.1, -0.05) is 30.3 Å². The first-order valence-electron chi connectivity index (χ1n) is 9.96. The van der Waals surface area contributed by atoms with E-state index in [1.54, 1.807) is 0 Å². The third-order valence-electron chi connectivity index (χ3n) is 6.40. The Morgan fingerprint density at radius 3 is 2.19 bits per heavy atom. The molecule has 3 aromatic rings. The summed E-state index contributed by atoms with van der Waals surface area (Å²) in [5.74, 6) is 1.27. The van der Waals surface area contributed by atoms with E-state index in [2.05, 4.69) is 74.2 Å². The summed E-state index contributed by atoms with van der Waals surface area (Å²) in [6.45, 7) is 3.47. The Kier molecular flexibility index (Phi) is 5.14. The second-order valence-electron chi connectivity index (χ2n) is 7.85. The molecule has 3 fully saturated rings. The first kappa shape index (κ1) is 17.6. The van der Waals surface area contributed by atoms with Crippen molar-refractivity contribution in [3.05, 3.63) is 80.7 Å². The van der Waals surface area contributed by atoms with E-state index in [0.29, 0.717) is 18.0 Å². The van der Waals surface area contributed by atoms with Crippen molar-refractivity contribution < 1.29 is 0 Å². The third kappa shape index (κ3) is 3.52. The topological polar surface area (TPSA) is 15.3 Å². The van der Waals surface area contributed by atoms with Gasteiger partial charge in [-0.2, -0.15) is 22.7 Å². The Labute approximate surface area is 169 Å². The van der Waals surface area contributed by atoms with Gasteiger partial charge in [0.05, 0.1) is 0 Å². The fraction of sp³-hybridized carbons (Fsp3) is 0.391. The molecule has 0 aliphatic carbocycles. The van der Waals surface area contributed by atoms with Crippen molar-refractivity contribution in [1.29, 1.82) is 0 Å². The van der Waals surface area contributed by atoms with Crippen LogP contribution in [0.1, 0.15) is 35.4 Å². The lowest BCUT2D eigenvalue weighted by molar-refractivity contribution is 0.00478. The van der Waals surface area contributed by atoms with E-state index >= 15 is 0 Å². The molecule has 140 valence electrons. The lowest BCUT2D eigenvalue weighted by atomic mass is 9.71. The molecule has 2 atom stereocenters. The maximum atomic E-state index is 3.99. The van der Waals surface area contributed by atoms with Gasteiger partial charge in [-0.15, -0.1) is 0 Å². The van der Waals surface area contributed by atoms with E-state index < -0.39 is 0 Å². The predicted molar refractivity (Wildman–Crippen MR) is 116 cm³/mol. The molecule has 1 N–H and O–H groups in total. The van der Waals surface area contributed by atoms with E-state index in [-0.39, 0.29) is 0 Å². The van der Waals surface area contributed by atoms with Crippen molar-refractivity contribution in [1.82, 2.24) is 10.2 Å². The number of hydrogen-bond donors (Lipinski definition) is 1. The highest BCUT2D eigenvalue weighted by atomic mass is 32.1. The summed E-state index contributed by atoms with van der Waals surface area (Å²) in [6, 6.07) is 16.6. The minimum absolute atomic E-state index is 0.471. The van der Waals surface area contributed by atoms with Crippen LogP contribution in [0.5, 0.6) is 0 Å². The van der Waals surface area contributed by atoms with E-state index in [9.17, 15) is 0 Å². The summed E-state index contributed by atoms with van der Waals surface area (Å²) in [5, 5.41) is 13.2. The standard InChI is InChI=1S/C23H26N2S2/c1-2-4-17(5-3-1)14-24-22-18-6-10-25(11-7-18)23(22)21(19-8-12-26-15-19)20-9-13-27-16-20/h1-5,8-9,12-13,15-16,18,21-24H,6-7,10-11,14H2/t22-,23-/m1/s1. The Bertz CT molecular complexity index is 786. The van der Waals surface area contributed by atoms with Crippen LogP contribution in [0.15, 0.2) is 64.0 Å². The minimum atomic E-state index is 0.471. The van der Waals surface area contributed by atoms with Crippen molar-refractivity contribution in [2.45, 2.75) is 37.4 Å². The predicted octanol–water partition coefficient (Wildman–Crippen LogP) is 5.19. The van der Waals surface area contributed by atoms with Crippen LogP contribution in [0.4, 0.5) is 0 Å². The van der Waals surface area contributed by atoms with E-state index in [1.165, 1.54) is 42.6 Å². The molecular weight excluding hydrogens is 368 g/mol. The lowest BCUT2D eigenvalue weighted by Gasteiger charge is -2.54. The SMILES string of the molecule is c1ccc(CN[C@@H]2C3CCN(CC3)[C@@H]2C(c2ccsc2)c2ccsc2)cc1. The number of fused-ring (bicyclic) bond motifs is 3. The molecular formula is C23H26N2S2. The summed E-state index contributed by atoms with van der Waals surface area (Å²) in [6.07, 6.45) is 2.67. The molecule has 2 nitrogen and oxygen atoms in total. The number of nitrogens with one attached hydrogen (secondary N) is 1. The van der Waals surface area contributed by atoms with Crippen molar-refractivity contribution in [3.8, 4) is 0 Å². The molecule has 1 aromatic carbocycles. The second-order valence-corrected chi connectivity index (χ2v) is 9.41. The van der Waals surface area contributed by atoms with Crippen LogP contribution in [0.2, 0.25) is 0 Å². The fourth-order valence-electron chi connectivity index (χ4n) is 5.11. The highest BCUT2D eigenvalue weighted by molar-refractivity contribution is 7.08. The molecule has 0 amide bonds. The maximum absolute atomic E-state index is 3.99. The summed E-state index contributed by atoms with van der Waals surface area (Å²) in [4.78, 5) is 2.77. The lowest BCUT2D eigenvalue weighted by Crippen LogP contribution is -2.64. The largest absolute Gasteiger partial charge is 0.308 e. The van der Waals surface area contributed by atoms with E-state index in [4.69, 9.17) is 0 Å². The second kappa shape index (κ2) is 7.88. The van der Waals surface area contributed by atoms with Gasteiger partial charge in [-0.05, 0) is 82.2 Å². The summed E-state index contributed by atoms with van der Waals surface area (Å²) < 4.78 is 0. The van der Waals surface area contributed by atoms with Crippen LogP contribution in [0.25, 0.3) is 0 Å². The van der Waals surface area contributed by atoms with Gasteiger partial charge < -0.3 is 5.32 Å². The van der Waals surface area contributed by atoms with E-state index in [0.717, 1.165) is 12.5 Å². The van der Waals surface area contributed by atoms with Crippen LogP contribution < -0.4 is 5.32 Å². The Balaban J connectivity index is 1.47. The van der Waals surface area contributed by atoms with Gasteiger partial charge in [0, 0.05) is 24.5 Å². The Morgan fingerprint density at radius 1 is 0.926 bits per heavy atom. The molecule has 4 heteroatoms. The molecule has 5 heterocycles. The first-order valence-corrected chi connectivity index (χ1v) is 11.8. The monoisotopic (exact) mass is 394 g/mol. The number of hydrogen-bond acceptors (Lipinski definition) is 4. The molecule has 6 rings (SSSR count). The molecule has 2 aromatic heterocycles. The average Bonchev–Trinajstić information content (AvgIpc) is 3.44. The molecule has 0 saturated carbocycles. The van der Waals surface area contributed by atoms with Gasteiger partial charge in [-0.3, -0.25) is 4.90 Å². The van der Waals surface area contributed by atoms with Gasteiger partial charge in [0.15, 0.2) is 0 Å². The number of benzene rings is 1. The van der Waals surface area contributed by atoms with Gasteiger partial charge in [0.2, 0.25) is 0 Å². The van der Waals surface area contributed by atoms with Crippen molar-refractivity contribution >= 4 is 22.7 Å². The molecule has 0 spiro atoms. The molecule has 0 radical (unpaired) electrons. The molecule has 2 bridgehead atoms. The normalized spacial score (nSPS) is 27.3. The van der Waals surface area contributed by atoms with Crippen LogP contribution >= 0.6 is 22.7 Å². The summed E-state index contributed by atoms with van der Waals surface area (Å²) in [5.41, 5.74) is 4.36. The highest BCUT2D eigenvalue weighted by Gasteiger charge is 2.46. The van der Waals surface area contributed by atoms with E-state index in [1.807, 2.05) is 22.7 Å². The zero-order chi connectivity index (χ0) is 18.1. The number of rotatable bonds is 6. The van der Waals surface area contributed by atoms with Crippen LogP contribution in [-0.4, -0.2) is 30.1 Å². The average molecular weight is 395 g/mol. The molecule has 3 aliphatic rings. The maximum Gasteiger partial charge on any atom is 0.0361 e. The third-order valence-corrected chi connectivity index (χ3v) is 7.81. The van der Waals surface area contributed by atoms with Gasteiger partial charge >= 0.3 is 0 Å². The van der Waals surface area contributed by atoms with Crippen molar-refractivity contribution in [2.75, 3.05) is 13.1 Å². The van der Waals surface area contributed by atoms with Crippen LogP contribution in [0, 0.1) is 5.92 Å². The Morgan fingerprint density at radius 2 is 1.59 bits per heavy atom. The van der Waals surface area contributed by atoms with Crippen molar-refractivity contribution in [2.24, 2.45) is 5.92 Å². The zero-order valence-corrected chi connectivity index (χ0v) is 17.1. The van der Waals surface area contributed by atoms with Gasteiger partial charge in [0.25, 0.3) is 0 Å². The summed E-state index contributed by atoms with van der Waals surface area (Å²) >= 11 is 3.65. The molecule has 3 saturated heterocycles. The van der Waals surface area contributed by atoms with Crippen LogP contribution in [-0.2, 0) is 6.54 Å². The zero-order valence-electron chi connectivity index (χ0n) is 15.5. The Hall–Kier alpha value is -1.46. The highest BCUT2D eigenvalue weighted by Crippen LogP contribution is 2.43. The van der Waals surface area contributed by atoms with Gasteiger partial charge in [-0.25, -0.2) is 0 Å². The summed E-state index contributed by atoms with van der Waals surface area (Å²) in [7, 11) is 0. The number of piperidine rings is 3. The first-order chi connectivity index (χ1) is 13.4. The number of nitrogens with zero attached hydrogens (tertiary/aromatic N) is 1. The number of thiophene rings is 2. The molecule has 3 aliphatic heterocycles.